The summed E-state index contributed by atoms with van der Waals surface area (Å²) in [5, 5.41) is 15.4. The van der Waals surface area contributed by atoms with Crippen LogP contribution in [0.2, 0.25) is 25.7 Å². The van der Waals surface area contributed by atoms with Crippen LogP contribution in [0, 0.1) is 0 Å². The first kappa shape index (κ1) is 15.7. The maximum absolute atomic E-state index is 11.3. The lowest BCUT2D eigenvalue weighted by Gasteiger charge is -2.34. The van der Waals surface area contributed by atoms with Gasteiger partial charge in [-0.2, -0.15) is 5.10 Å². The van der Waals surface area contributed by atoms with Gasteiger partial charge in [-0.05, 0) is 23.7 Å². The van der Waals surface area contributed by atoms with E-state index in [4.69, 9.17) is 4.74 Å². The molecule has 2 rings (SSSR count). The highest BCUT2D eigenvalue weighted by molar-refractivity contribution is 6.76. The monoisotopic (exact) mass is 305 g/mol. The molecule has 1 N–H and O–H groups in total. The van der Waals surface area contributed by atoms with E-state index in [1.54, 1.807) is 18.1 Å². The second-order valence-corrected chi connectivity index (χ2v) is 12.1. The molecule has 1 heterocycles. The molecule has 0 aliphatic carbocycles. The van der Waals surface area contributed by atoms with Crippen LogP contribution in [-0.4, -0.2) is 35.1 Å². The van der Waals surface area contributed by atoms with Gasteiger partial charge in [-0.15, -0.1) is 0 Å². The molecule has 1 aromatic carbocycles. The Hall–Kier alpha value is -1.66. The van der Waals surface area contributed by atoms with E-state index in [1.165, 1.54) is 6.33 Å². The summed E-state index contributed by atoms with van der Waals surface area (Å²) in [6.45, 7) is 7.14. The van der Waals surface area contributed by atoms with E-state index < -0.39 is 13.7 Å². The first-order valence-electron chi connectivity index (χ1n) is 7.02. The van der Waals surface area contributed by atoms with Crippen molar-refractivity contribution in [1.29, 1.82) is 0 Å². The molecule has 1 atom stereocenters. The highest BCUT2D eigenvalue weighted by Crippen LogP contribution is 2.34. The molecule has 1 unspecified atom stereocenters. The number of nitrogens with zero attached hydrogens (tertiary/aromatic N) is 3. The second-order valence-electron chi connectivity index (χ2n) is 6.59. The molecular weight excluding hydrogens is 282 g/mol. The van der Waals surface area contributed by atoms with Crippen LogP contribution < -0.4 is 4.74 Å². The maximum atomic E-state index is 11.3. The largest absolute Gasteiger partial charge is 0.497 e. The Labute approximate surface area is 126 Å². The van der Waals surface area contributed by atoms with Crippen molar-refractivity contribution in [3.05, 3.63) is 42.5 Å². The summed E-state index contributed by atoms with van der Waals surface area (Å²) in [6, 6.07) is 8.38. The van der Waals surface area contributed by atoms with Gasteiger partial charge in [0.05, 0.1) is 13.7 Å². The van der Waals surface area contributed by atoms with Gasteiger partial charge in [0.15, 0.2) is 0 Å². The third-order valence-corrected chi connectivity index (χ3v) is 4.97. The minimum atomic E-state index is -1.49. The zero-order chi connectivity index (χ0) is 15.5. The van der Waals surface area contributed by atoms with Crippen molar-refractivity contribution in [3.8, 4) is 5.75 Å². The van der Waals surface area contributed by atoms with E-state index in [1.807, 2.05) is 24.3 Å². The Balaban J connectivity index is 2.38. The zero-order valence-electron chi connectivity index (χ0n) is 13.1. The quantitative estimate of drug-likeness (QED) is 0.833. The molecule has 5 nitrogen and oxygen atoms in total. The average molecular weight is 305 g/mol. The van der Waals surface area contributed by atoms with E-state index >= 15 is 0 Å². The molecule has 0 fully saturated rings. The Kier molecular flexibility index (Phi) is 4.48. The molecule has 0 amide bonds. The highest BCUT2D eigenvalue weighted by atomic mass is 28.3. The van der Waals surface area contributed by atoms with E-state index in [-0.39, 0.29) is 0 Å². The zero-order valence-corrected chi connectivity index (χ0v) is 14.1. The smallest absolute Gasteiger partial charge is 0.137 e. The molecule has 0 bridgehead atoms. The van der Waals surface area contributed by atoms with Gasteiger partial charge in [0.25, 0.3) is 0 Å². The number of benzene rings is 1. The molecule has 0 saturated carbocycles. The Morgan fingerprint density at radius 2 is 2.10 bits per heavy atom. The Morgan fingerprint density at radius 3 is 2.67 bits per heavy atom. The fourth-order valence-electron chi connectivity index (χ4n) is 2.62. The molecule has 0 aliphatic rings. The van der Waals surface area contributed by atoms with Crippen molar-refractivity contribution in [2.45, 2.75) is 37.8 Å². The molecule has 0 saturated heterocycles. The normalized spacial score (nSPS) is 14.7. The van der Waals surface area contributed by atoms with Crippen LogP contribution >= 0.6 is 0 Å². The number of aromatic nitrogens is 3. The molecule has 1 aromatic heterocycles. The number of aliphatic hydroxyl groups is 1. The maximum Gasteiger partial charge on any atom is 0.137 e. The highest BCUT2D eigenvalue weighted by Gasteiger charge is 2.36. The van der Waals surface area contributed by atoms with Crippen LogP contribution in [0.3, 0.4) is 0 Å². The lowest BCUT2D eigenvalue weighted by Crippen LogP contribution is -2.39. The minimum Gasteiger partial charge on any atom is -0.497 e. The van der Waals surface area contributed by atoms with Crippen molar-refractivity contribution in [2.24, 2.45) is 0 Å². The lowest BCUT2D eigenvalue weighted by molar-refractivity contribution is 0.0330. The Bertz CT molecular complexity index is 581. The predicted molar refractivity (Wildman–Crippen MR) is 85.1 cm³/mol. The first-order valence-corrected chi connectivity index (χ1v) is 10.7. The summed E-state index contributed by atoms with van der Waals surface area (Å²) >= 11 is 0. The van der Waals surface area contributed by atoms with Crippen LogP contribution in [0.1, 0.15) is 5.56 Å². The summed E-state index contributed by atoms with van der Waals surface area (Å²) in [5.74, 6) is 0.750. The van der Waals surface area contributed by atoms with E-state index in [9.17, 15) is 5.11 Å². The van der Waals surface area contributed by atoms with Gasteiger partial charge in [0, 0.05) is 8.07 Å². The number of methoxy groups -OCH3 is 1. The molecule has 21 heavy (non-hydrogen) atoms. The average Bonchev–Trinajstić information content (AvgIpc) is 2.89. The molecule has 6 heteroatoms. The van der Waals surface area contributed by atoms with Crippen molar-refractivity contribution < 1.29 is 9.84 Å². The van der Waals surface area contributed by atoms with E-state index in [0.29, 0.717) is 6.54 Å². The van der Waals surface area contributed by atoms with Gasteiger partial charge >= 0.3 is 0 Å². The summed E-state index contributed by atoms with van der Waals surface area (Å²) < 4.78 is 6.96. The van der Waals surface area contributed by atoms with Gasteiger partial charge < -0.3 is 9.84 Å². The Morgan fingerprint density at radius 1 is 1.33 bits per heavy atom. The standard InChI is InChI=1S/C15H23N3O2Si/c1-20-14-7-5-6-13(8-14)15(19,10-21(2,3)4)9-18-12-16-11-17-18/h5-8,11-12,19H,9-10H2,1-4H3. The number of rotatable bonds is 6. The summed E-state index contributed by atoms with van der Waals surface area (Å²) in [4.78, 5) is 3.96. The van der Waals surface area contributed by atoms with Crippen molar-refractivity contribution in [3.63, 3.8) is 0 Å². The molecule has 0 aliphatic heterocycles. The number of hydrogen-bond donors (Lipinski definition) is 1. The van der Waals surface area contributed by atoms with Gasteiger partial charge in [0.1, 0.15) is 24.0 Å². The van der Waals surface area contributed by atoms with Crippen LogP contribution in [-0.2, 0) is 12.1 Å². The van der Waals surface area contributed by atoms with E-state index in [0.717, 1.165) is 17.4 Å². The van der Waals surface area contributed by atoms with Crippen LogP contribution in [0.25, 0.3) is 0 Å². The van der Waals surface area contributed by atoms with Gasteiger partial charge in [-0.1, -0.05) is 31.8 Å². The van der Waals surface area contributed by atoms with Crippen molar-refractivity contribution in [1.82, 2.24) is 14.8 Å². The third-order valence-electron chi connectivity index (χ3n) is 3.32. The predicted octanol–water partition coefficient (Wildman–Crippen LogP) is 2.51. The minimum absolute atomic E-state index is 0.393. The number of ether oxygens (including phenoxy) is 1. The fourth-order valence-corrected chi connectivity index (χ4v) is 4.69. The van der Waals surface area contributed by atoms with E-state index in [2.05, 4.69) is 29.7 Å². The summed E-state index contributed by atoms with van der Waals surface area (Å²) in [6.07, 6.45) is 3.12. The topological polar surface area (TPSA) is 60.2 Å². The first-order chi connectivity index (χ1) is 9.82. The summed E-state index contributed by atoms with van der Waals surface area (Å²) in [5.41, 5.74) is -0.105. The van der Waals surface area contributed by atoms with Gasteiger partial charge in [-0.25, -0.2) is 9.67 Å². The summed E-state index contributed by atoms with van der Waals surface area (Å²) in [7, 11) is 0.144. The second kappa shape index (κ2) is 5.99. The van der Waals surface area contributed by atoms with Crippen LogP contribution in [0.15, 0.2) is 36.9 Å². The number of hydrogen-bond acceptors (Lipinski definition) is 4. The van der Waals surface area contributed by atoms with Gasteiger partial charge in [0.2, 0.25) is 0 Å². The van der Waals surface area contributed by atoms with Crippen molar-refractivity contribution in [2.75, 3.05) is 7.11 Å². The molecule has 2 aromatic rings. The molecule has 114 valence electrons. The molecule has 0 spiro atoms. The van der Waals surface area contributed by atoms with Crippen LogP contribution in [0.5, 0.6) is 5.75 Å². The molecular formula is C15H23N3O2Si. The molecule has 0 radical (unpaired) electrons. The van der Waals surface area contributed by atoms with Gasteiger partial charge in [-0.3, -0.25) is 0 Å². The SMILES string of the molecule is COc1cccc(C(O)(Cn2cncn2)C[Si](C)(C)C)c1. The third kappa shape index (κ3) is 4.15. The van der Waals surface area contributed by atoms with Crippen LogP contribution in [0.4, 0.5) is 0 Å². The fraction of sp³-hybridized carbons (Fsp3) is 0.467. The lowest BCUT2D eigenvalue weighted by atomic mass is 9.95. The van der Waals surface area contributed by atoms with Crippen molar-refractivity contribution >= 4 is 8.07 Å².